The Bertz CT molecular complexity index is 705. The van der Waals surface area contributed by atoms with Gasteiger partial charge in [0.05, 0.1) is 11.4 Å². The van der Waals surface area contributed by atoms with Gasteiger partial charge in [-0.2, -0.15) is 5.10 Å². The SMILES string of the molecule is Cc1nn(-c2ccccc2)c(C)c1/C=C/C(=O)NCC(C)CCO. The van der Waals surface area contributed by atoms with E-state index in [4.69, 9.17) is 5.11 Å². The van der Waals surface area contributed by atoms with E-state index >= 15 is 0 Å². The fourth-order valence-corrected chi connectivity index (χ4v) is 2.53. The monoisotopic (exact) mass is 327 g/mol. The van der Waals surface area contributed by atoms with E-state index in [0.717, 1.165) is 22.6 Å². The number of aryl methyl sites for hydroxylation is 1. The predicted molar refractivity (Wildman–Crippen MR) is 95.9 cm³/mol. The Hall–Kier alpha value is -2.40. The molecule has 0 radical (unpaired) electrons. The number of carbonyl (C=O) groups is 1. The minimum atomic E-state index is -0.133. The minimum absolute atomic E-state index is 0.133. The summed E-state index contributed by atoms with van der Waals surface area (Å²) in [7, 11) is 0. The largest absolute Gasteiger partial charge is 0.396 e. The summed E-state index contributed by atoms with van der Waals surface area (Å²) in [6, 6.07) is 9.92. The number of hydrogen-bond donors (Lipinski definition) is 2. The van der Waals surface area contributed by atoms with Gasteiger partial charge in [0.15, 0.2) is 0 Å². The molecule has 2 N–H and O–H groups in total. The molecule has 1 heterocycles. The van der Waals surface area contributed by atoms with Crippen molar-refractivity contribution >= 4 is 12.0 Å². The van der Waals surface area contributed by atoms with E-state index in [1.165, 1.54) is 6.08 Å². The highest BCUT2D eigenvalue weighted by molar-refractivity contribution is 5.92. The van der Waals surface area contributed by atoms with Gasteiger partial charge in [-0.05, 0) is 44.4 Å². The molecule has 24 heavy (non-hydrogen) atoms. The lowest BCUT2D eigenvalue weighted by Crippen LogP contribution is -2.26. The van der Waals surface area contributed by atoms with E-state index in [0.29, 0.717) is 13.0 Å². The number of aliphatic hydroxyl groups excluding tert-OH is 1. The molecule has 1 amide bonds. The van der Waals surface area contributed by atoms with Gasteiger partial charge < -0.3 is 10.4 Å². The first-order valence-corrected chi connectivity index (χ1v) is 8.21. The third kappa shape index (κ3) is 4.55. The van der Waals surface area contributed by atoms with Crippen molar-refractivity contribution in [3.05, 3.63) is 53.4 Å². The van der Waals surface area contributed by atoms with Crippen molar-refractivity contribution in [1.29, 1.82) is 0 Å². The van der Waals surface area contributed by atoms with Crippen molar-refractivity contribution in [2.45, 2.75) is 27.2 Å². The van der Waals surface area contributed by atoms with Gasteiger partial charge in [0.2, 0.25) is 5.91 Å². The summed E-state index contributed by atoms with van der Waals surface area (Å²) >= 11 is 0. The Balaban J connectivity index is 2.07. The average molecular weight is 327 g/mol. The number of aliphatic hydroxyl groups is 1. The van der Waals surface area contributed by atoms with Crippen LogP contribution in [0.15, 0.2) is 36.4 Å². The number of carbonyl (C=O) groups excluding carboxylic acids is 1. The molecule has 2 aromatic rings. The summed E-state index contributed by atoms with van der Waals surface area (Å²) < 4.78 is 1.89. The molecule has 5 heteroatoms. The van der Waals surface area contributed by atoms with Gasteiger partial charge in [-0.15, -0.1) is 0 Å². The van der Waals surface area contributed by atoms with E-state index in [9.17, 15) is 4.79 Å². The van der Waals surface area contributed by atoms with Gasteiger partial charge in [-0.3, -0.25) is 4.79 Å². The number of benzene rings is 1. The fraction of sp³-hybridized carbons (Fsp3) is 0.368. The number of para-hydroxylation sites is 1. The van der Waals surface area contributed by atoms with Crippen LogP contribution >= 0.6 is 0 Å². The zero-order valence-electron chi connectivity index (χ0n) is 14.5. The lowest BCUT2D eigenvalue weighted by molar-refractivity contribution is -0.116. The Labute approximate surface area is 143 Å². The van der Waals surface area contributed by atoms with E-state index in [1.54, 1.807) is 0 Å². The first kappa shape index (κ1) is 17.9. The van der Waals surface area contributed by atoms with Gasteiger partial charge in [0.25, 0.3) is 0 Å². The molecule has 5 nitrogen and oxygen atoms in total. The summed E-state index contributed by atoms with van der Waals surface area (Å²) in [5.41, 5.74) is 3.84. The third-order valence-electron chi connectivity index (χ3n) is 4.00. The molecule has 0 aliphatic carbocycles. The standard InChI is InChI=1S/C19H25N3O2/c1-14(11-12-23)13-20-19(24)10-9-18-15(2)21-22(16(18)3)17-7-5-4-6-8-17/h4-10,14,23H,11-13H2,1-3H3,(H,20,24)/b10-9+. The molecule has 2 rings (SSSR count). The van der Waals surface area contributed by atoms with Crippen molar-refractivity contribution in [2.75, 3.05) is 13.2 Å². The van der Waals surface area contributed by atoms with Crippen molar-refractivity contribution < 1.29 is 9.90 Å². The molecule has 0 bridgehead atoms. The number of aromatic nitrogens is 2. The lowest BCUT2D eigenvalue weighted by atomic mass is 10.1. The summed E-state index contributed by atoms with van der Waals surface area (Å²) in [4.78, 5) is 11.9. The Morgan fingerprint density at radius 1 is 1.33 bits per heavy atom. The van der Waals surface area contributed by atoms with Crippen molar-refractivity contribution in [1.82, 2.24) is 15.1 Å². The van der Waals surface area contributed by atoms with Crippen LogP contribution in [0.4, 0.5) is 0 Å². The van der Waals surface area contributed by atoms with Crippen molar-refractivity contribution in [3.8, 4) is 5.69 Å². The van der Waals surface area contributed by atoms with Crippen LogP contribution < -0.4 is 5.32 Å². The topological polar surface area (TPSA) is 67.2 Å². The van der Waals surface area contributed by atoms with Gasteiger partial charge in [0, 0.05) is 30.5 Å². The molecule has 0 fully saturated rings. The van der Waals surface area contributed by atoms with E-state index in [-0.39, 0.29) is 18.4 Å². The van der Waals surface area contributed by atoms with Crippen molar-refractivity contribution in [3.63, 3.8) is 0 Å². The average Bonchev–Trinajstić information content (AvgIpc) is 2.86. The molecule has 1 aromatic heterocycles. The molecule has 0 aliphatic rings. The maximum absolute atomic E-state index is 11.9. The van der Waals surface area contributed by atoms with Crippen LogP contribution in [0, 0.1) is 19.8 Å². The van der Waals surface area contributed by atoms with E-state index in [2.05, 4.69) is 10.4 Å². The molecule has 1 atom stereocenters. The highest BCUT2D eigenvalue weighted by Gasteiger charge is 2.11. The predicted octanol–water partition coefficient (Wildman–Crippen LogP) is 2.64. The molecular formula is C19H25N3O2. The highest BCUT2D eigenvalue weighted by Crippen LogP contribution is 2.19. The molecule has 128 valence electrons. The Morgan fingerprint density at radius 2 is 2.04 bits per heavy atom. The number of nitrogens with zero attached hydrogens (tertiary/aromatic N) is 2. The van der Waals surface area contributed by atoms with Crippen molar-refractivity contribution in [2.24, 2.45) is 5.92 Å². The third-order valence-corrected chi connectivity index (χ3v) is 4.00. The normalized spacial score (nSPS) is 12.5. The summed E-state index contributed by atoms with van der Waals surface area (Å²) in [5.74, 6) is 0.128. The van der Waals surface area contributed by atoms with E-state index in [1.807, 2.05) is 61.9 Å². The van der Waals surface area contributed by atoms with Crippen LogP contribution in [-0.4, -0.2) is 33.9 Å². The molecule has 1 aromatic carbocycles. The molecule has 0 saturated carbocycles. The Kier molecular flexibility index (Phi) is 6.32. The second-order valence-electron chi connectivity index (χ2n) is 6.03. The summed E-state index contributed by atoms with van der Waals surface area (Å²) in [6.07, 6.45) is 4.03. The zero-order valence-corrected chi connectivity index (χ0v) is 14.5. The molecule has 0 spiro atoms. The molecular weight excluding hydrogens is 302 g/mol. The lowest BCUT2D eigenvalue weighted by Gasteiger charge is -2.09. The fourth-order valence-electron chi connectivity index (χ4n) is 2.53. The van der Waals surface area contributed by atoms with E-state index < -0.39 is 0 Å². The summed E-state index contributed by atoms with van der Waals surface area (Å²) in [5, 5.41) is 16.3. The van der Waals surface area contributed by atoms with Crippen LogP contribution in [0.25, 0.3) is 11.8 Å². The minimum Gasteiger partial charge on any atom is -0.396 e. The molecule has 1 unspecified atom stereocenters. The first-order chi connectivity index (χ1) is 11.5. The quantitative estimate of drug-likeness (QED) is 0.768. The molecule has 0 aliphatic heterocycles. The zero-order chi connectivity index (χ0) is 17.5. The number of amides is 1. The highest BCUT2D eigenvalue weighted by atomic mass is 16.3. The van der Waals surface area contributed by atoms with Crippen LogP contribution in [0.5, 0.6) is 0 Å². The maximum Gasteiger partial charge on any atom is 0.244 e. The van der Waals surface area contributed by atoms with Crippen LogP contribution in [-0.2, 0) is 4.79 Å². The van der Waals surface area contributed by atoms with Gasteiger partial charge in [-0.1, -0.05) is 25.1 Å². The first-order valence-electron chi connectivity index (χ1n) is 8.21. The van der Waals surface area contributed by atoms with Gasteiger partial charge in [-0.25, -0.2) is 4.68 Å². The Morgan fingerprint density at radius 3 is 2.71 bits per heavy atom. The second-order valence-corrected chi connectivity index (χ2v) is 6.03. The van der Waals surface area contributed by atoms with Crippen LogP contribution in [0.3, 0.4) is 0 Å². The number of nitrogens with one attached hydrogen (secondary N) is 1. The summed E-state index contributed by atoms with van der Waals surface area (Å²) in [6.45, 7) is 6.63. The van der Waals surface area contributed by atoms with Crippen LogP contribution in [0.1, 0.15) is 30.3 Å². The molecule has 0 saturated heterocycles. The maximum atomic E-state index is 11.9. The number of hydrogen-bond acceptors (Lipinski definition) is 3. The smallest absolute Gasteiger partial charge is 0.244 e. The van der Waals surface area contributed by atoms with Gasteiger partial charge in [0.1, 0.15) is 0 Å². The van der Waals surface area contributed by atoms with Gasteiger partial charge >= 0.3 is 0 Å². The van der Waals surface area contributed by atoms with Crippen LogP contribution in [0.2, 0.25) is 0 Å². The number of rotatable bonds is 7. The second kappa shape index (κ2) is 8.45.